The fourth-order valence-corrected chi connectivity index (χ4v) is 3.22. The van der Waals surface area contributed by atoms with Crippen molar-refractivity contribution in [1.29, 1.82) is 0 Å². The first-order valence-electron chi connectivity index (χ1n) is 9.16. The Bertz CT molecular complexity index is 825. The van der Waals surface area contributed by atoms with Crippen LogP contribution in [0.25, 0.3) is 0 Å². The van der Waals surface area contributed by atoms with Crippen LogP contribution in [-0.4, -0.2) is 54.4 Å². The van der Waals surface area contributed by atoms with E-state index in [0.29, 0.717) is 50.5 Å². The minimum atomic E-state index is -0.523. The molecule has 2 aromatic rings. The van der Waals surface area contributed by atoms with Crippen LogP contribution in [0.4, 0.5) is 4.39 Å². The first-order valence-corrected chi connectivity index (χ1v) is 9.16. The van der Waals surface area contributed by atoms with Crippen molar-refractivity contribution in [3.05, 3.63) is 65.5 Å². The standard InChI is InChI=1S/C21H23FN2O3/c1-2-27-19-11-6-4-9-17(19)21(26)24-13-7-12-23(14-15-24)20(25)16-8-3-5-10-18(16)22/h3-6,8-11H,2,7,12-15H2,1H3. The highest BCUT2D eigenvalue weighted by atomic mass is 19.1. The Hall–Kier alpha value is -2.89. The summed E-state index contributed by atoms with van der Waals surface area (Å²) in [5, 5.41) is 0. The van der Waals surface area contributed by atoms with E-state index in [0.717, 1.165) is 0 Å². The van der Waals surface area contributed by atoms with Gasteiger partial charge in [0.15, 0.2) is 0 Å². The van der Waals surface area contributed by atoms with E-state index < -0.39 is 5.82 Å². The minimum Gasteiger partial charge on any atom is -0.493 e. The zero-order valence-electron chi connectivity index (χ0n) is 15.4. The average molecular weight is 370 g/mol. The Balaban J connectivity index is 1.71. The normalized spacial score (nSPS) is 14.6. The molecule has 6 heteroatoms. The van der Waals surface area contributed by atoms with Crippen LogP contribution in [0.15, 0.2) is 48.5 Å². The van der Waals surface area contributed by atoms with Gasteiger partial charge in [-0.05, 0) is 37.6 Å². The molecule has 1 aliphatic heterocycles. The summed E-state index contributed by atoms with van der Waals surface area (Å²) >= 11 is 0. The van der Waals surface area contributed by atoms with Crippen LogP contribution >= 0.6 is 0 Å². The van der Waals surface area contributed by atoms with Crippen molar-refractivity contribution in [3.63, 3.8) is 0 Å². The molecule has 0 saturated carbocycles. The summed E-state index contributed by atoms with van der Waals surface area (Å²) < 4.78 is 19.5. The molecule has 1 saturated heterocycles. The molecule has 0 N–H and O–H groups in total. The van der Waals surface area contributed by atoms with Crippen LogP contribution in [0.1, 0.15) is 34.1 Å². The molecule has 1 aliphatic rings. The van der Waals surface area contributed by atoms with E-state index in [1.54, 1.807) is 34.1 Å². The zero-order chi connectivity index (χ0) is 19.2. The van der Waals surface area contributed by atoms with Crippen LogP contribution in [0.5, 0.6) is 5.75 Å². The third-order valence-electron chi connectivity index (χ3n) is 4.59. The summed E-state index contributed by atoms with van der Waals surface area (Å²) in [6.07, 6.45) is 0.642. The number of carbonyl (C=O) groups is 2. The number of hydrogen-bond donors (Lipinski definition) is 0. The molecular weight excluding hydrogens is 347 g/mol. The SMILES string of the molecule is CCOc1ccccc1C(=O)N1CCCN(C(=O)c2ccccc2F)CC1. The highest BCUT2D eigenvalue weighted by Gasteiger charge is 2.26. The van der Waals surface area contributed by atoms with Gasteiger partial charge in [0, 0.05) is 26.2 Å². The molecule has 0 aromatic heterocycles. The second kappa shape index (κ2) is 8.66. The van der Waals surface area contributed by atoms with Gasteiger partial charge in [-0.1, -0.05) is 24.3 Å². The number of amides is 2. The Morgan fingerprint density at radius 3 is 2.07 bits per heavy atom. The lowest BCUT2D eigenvalue weighted by Crippen LogP contribution is -2.37. The maximum absolute atomic E-state index is 13.9. The molecule has 142 valence electrons. The summed E-state index contributed by atoms with van der Waals surface area (Å²) in [4.78, 5) is 28.9. The highest BCUT2D eigenvalue weighted by Crippen LogP contribution is 2.21. The largest absolute Gasteiger partial charge is 0.493 e. The smallest absolute Gasteiger partial charge is 0.257 e. The van der Waals surface area contributed by atoms with Gasteiger partial charge < -0.3 is 14.5 Å². The van der Waals surface area contributed by atoms with Gasteiger partial charge in [0.25, 0.3) is 11.8 Å². The van der Waals surface area contributed by atoms with Crippen molar-refractivity contribution in [2.24, 2.45) is 0 Å². The average Bonchev–Trinajstić information content (AvgIpc) is 2.94. The number of halogens is 1. The van der Waals surface area contributed by atoms with Crippen LogP contribution in [-0.2, 0) is 0 Å². The second-order valence-electron chi connectivity index (χ2n) is 6.35. The van der Waals surface area contributed by atoms with Crippen LogP contribution in [0.3, 0.4) is 0 Å². The van der Waals surface area contributed by atoms with Gasteiger partial charge in [0.1, 0.15) is 11.6 Å². The number of ether oxygens (including phenoxy) is 1. The van der Waals surface area contributed by atoms with E-state index in [1.165, 1.54) is 12.1 Å². The number of carbonyl (C=O) groups excluding carboxylic acids is 2. The van der Waals surface area contributed by atoms with E-state index in [2.05, 4.69) is 0 Å². The van der Waals surface area contributed by atoms with E-state index in [-0.39, 0.29) is 17.4 Å². The number of rotatable bonds is 4. The molecule has 1 fully saturated rings. The third kappa shape index (κ3) is 4.27. The Morgan fingerprint density at radius 1 is 0.889 bits per heavy atom. The van der Waals surface area contributed by atoms with E-state index >= 15 is 0 Å². The van der Waals surface area contributed by atoms with Gasteiger partial charge in [-0.2, -0.15) is 0 Å². The minimum absolute atomic E-state index is 0.0685. The van der Waals surface area contributed by atoms with Gasteiger partial charge in [-0.15, -0.1) is 0 Å². The molecule has 1 heterocycles. The Labute approximate surface area is 158 Å². The van der Waals surface area contributed by atoms with E-state index in [9.17, 15) is 14.0 Å². The maximum atomic E-state index is 13.9. The summed E-state index contributed by atoms with van der Waals surface area (Å²) in [5.41, 5.74) is 0.590. The van der Waals surface area contributed by atoms with Crippen LogP contribution < -0.4 is 4.74 Å². The molecular formula is C21H23FN2O3. The van der Waals surface area contributed by atoms with E-state index in [4.69, 9.17) is 4.74 Å². The molecule has 2 aromatic carbocycles. The monoisotopic (exact) mass is 370 g/mol. The number of para-hydroxylation sites is 1. The molecule has 0 bridgehead atoms. The predicted molar refractivity (Wildman–Crippen MR) is 100 cm³/mol. The third-order valence-corrected chi connectivity index (χ3v) is 4.59. The molecule has 5 nitrogen and oxygen atoms in total. The summed E-state index contributed by atoms with van der Waals surface area (Å²) in [6, 6.07) is 13.2. The molecule has 27 heavy (non-hydrogen) atoms. The first-order chi connectivity index (χ1) is 13.1. The van der Waals surface area contributed by atoms with Gasteiger partial charge in [-0.3, -0.25) is 9.59 Å². The summed E-state index contributed by atoms with van der Waals surface area (Å²) in [5.74, 6) is -0.407. The van der Waals surface area contributed by atoms with Gasteiger partial charge in [-0.25, -0.2) is 4.39 Å². The fraction of sp³-hybridized carbons (Fsp3) is 0.333. The summed E-state index contributed by atoms with van der Waals surface area (Å²) in [7, 11) is 0. The molecule has 0 spiro atoms. The lowest BCUT2D eigenvalue weighted by atomic mass is 10.1. The van der Waals surface area contributed by atoms with Crippen LogP contribution in [0, 0.1) is 5.82 Å². The summed E-state index contributed by atoms with van der Waals surface area (Å²) in [6.45, 7) is 4.16. The van der Waals surface area contributed by atoms with Crippen molar-refractivity contribution in [3.8, 4) is 5.75 Å². The second-order valence-corrected chi connectivity index (χ2v) is 6.35. The number of benzene rings is 2. The number of hydrogen-bond acceptors (Lipinski definition) is 3. The van der Waals surface area contributed by atoms with Crippen LogP contribution in [0.2, 0.25) is 0 Å². The predicted octanol–water partition coefficient (Wildman–Crippen LogP) is 3.21. The lowest BCUT2D eigenvalue weighted by Gasteiger charge is -2.23. The molecule has 0 unspecified atom stereocenters. The van der Waals surface area contributed by atoms with Crippen molar-refractivity contribution in [2.75, 3.05) is 32.8 Å². The lowest BCUT2D eigenvalue weighted by molar-refractivity contribution is 0.0714. The maximum Gasteiger partial charge on any atom is 0.257 e. The van der Waals surface area contributed by atoms with Gasteiger partial charge >= 0.3 is 0 Å². The van der Waals surface area contributed by atoms with Gasteiger partial charge in [0.2, 0.25) is 0 Å². The molecule has 0 radical (unpaired) electrons. The van der Waals surface area contributed by atoms with E-state index in [1.807, 2.05) is 19.1 Å². The molecule has 3 rings (SSSR count). The Morgan fingerprint density at radius 2 is 1.44 bits per heavy atom. The van der Waals surface area contributed by atoms with Crippen molar-refractivity contribution < 1.29 is 18.7 Å². The Kier molecular flexibility index (Phi) is 6.06. The van der Waals surface area contributed by atoms with Crippen molar-refractivity contribution >= 4 is 11.8 Å². The quantitative estimate of drug-likeness (QED) is 0.830. The first kappa shape index (κ1) is 18.9. The highest BCUT2D eigenvalue weighted by molar-refractivity contribution is 5.97. The van der Waals surface area contributed by atoms with Gasteiger partial charge in [0.05, 0.1) is 17.7 Å². The fourth-order valence-electron chi connectivity index (χ4n) is 3.22. The zero-order valence-corrected chi connectivity index (χ0v) is 15.4. The number of nitrogens with zero attached hydrogens (tertiary/aromatic N) is 2. The molecule has 0 aliphatic carbocycles. The van der Waals surface area contributed by atoms with Crippen molar-refractivity contribution in [1.82, 2.24) is 9.80 Å². The topological polar surface area (TPSA) is 49.9 Å². The molecule has 2 amide bonds. The molecule has 0 atom stereocenters. The van der Waals surface area contributed by atoms with Crippen molar-refractivity contribution in [2.45, 2.75) is 13.3 Å².